The van der Waals surface area contributed by atoms with Gasteiger partial charge in [-0.05, 0) is 26.0 Å². The Labute approximate surface area is 199 Å². The van der Waals surface area contributed by atoms with Crippen LogP contribution in [0.2, 0.25) is 0 Å². The van der Waals surface area contributed by atoms with E-state index in [-0.39, 0.29) is 64.0 Å². The molecule has 10 nitrogen and oxygen atoms in total. The van der Waals surface area contributed by atoms with Crippen molar-refractivity contribution in [3.8, 4) is 11.5 Å². The van der Waals surface area contributed by atoms with Gasteiger partial charge in [-0.1, -0.05) is 19.2 Å². The molecule has 2 N–H and O–H groups in total. The Balaban J connectivity index is 2.15. The summed E-state index contributed by atoms with van der Waals surface area (Å²) in [5.74, 6) is 0.0332. The molecule has 2 atom stereocenters. The minimum atomic E-state index is -0.935. The molecule has 34 heavy (non-hydrogen) atoms. The fraction of sp³-hybridized carbons (Fsp3) is 0.500. The molecule has 10 heteroatoms. The summed E-state index contributed by atoms with van der Waals surface area (Å²) in [6.45, 7) is 10.6. The summed E-state index contributed by atoms with van der Waals surface area (Å²) in [7, 11) is 0. The summed E-state index contributed by atoms with van der Waals surface area (Å²) in [4.78, 5) is 22.5. The van der Waals surface area contributed by atoms with Crippen LogP contribution in [-0.4, -0.2) is 87.2 Å². The quantitative estimate of drug-likeness (QED) is 0.180. The molecule has 0 heterocycles. The Hall–Kier alpha value is -2.92. The summed E-state index contributed by atoms with van der Waals surface area (Å²) in [5.41, 5.74) is 0.524. The number of aliphatic hydroxyl groups is 2. The molecule has 0 aliphatic rings. The third-order valence-corrected chi connectivity index (χ3v) is 3.93. The number of carbonyl (C=O) groups excluding carboxylic acids is 2. The molecule has 1 rings (SSSR count). The number of esters is 2. The number of rotatable bonds is 18. The third-order valence-electron chi connectivity index (χ3n) is 3.93. The zero-order valence-electron chi connectivity index (χ0n) is 19.7. The van der Waals surface area contributed by atoms with Gasteiger partial charge in [0.25, 0.3) is 0 Å². The highest BCUT2D eigenvalue weighted by Crippen LogP contribution is 2.19. The van der Waals surface area contributed by atoms with Gasteiger partial charge in [0.15, 0.2) is 0 Å². The normalized spacial score (nSPS) is 12.4. The highest BCUT2D eigenvalue weighted by atomic mass is 16.6. The van der Waals surface area contributed by atoms with Crippen LogP contribution in [0.25, 0.3) is 0 Å². The lowest BCUT2D eigenvalue weighted by Crippen LogP contribution is -2.25. The SMILES string of the molecule is C=C(C)C(=O)OCC(O)COCCOc1cccc(OCCOCC(O)COC(=O)C(=C)C)c1. The van der Waals surface area contributed by atoms with Crippen LogP contribution in [0.3, 0.4) is 0 Å². The van der Waals surface area contributed by atoms with E-state index in [1.54, 1.807) is 24.3 Å². The lowest BCUT2D eigenvalue weighted by atomic mass is 10.3. The molecule has 0 fully saturated rings. The zero-order valence-corrected chi connectivity index (χ0v) is 19.7. The van der Waals surface area contributed by atoms with Gasteiger partial charge >= 0.3 is 11.9 Å². The smallest absolute Gasteiger partial charge is 0.333 e. The summed E-state index contributed by atoms with van der Waals surface area (Å²) < 4.78 is 31.4. The molecule has 0 amide bonds. The predicted molar refractivity (Wildman–Crippen MR) is 123 cm³/mol. The van der Waals surface area contributed by atoms with E-state index in [2.05, 4.69) is 13.2 Å². The maximum Gasteiger partial charge on any atom is 0.333 e. The van der Waals surface area contributed by atoms with Crippen LogP contribution in [0.4, 0.5) is 0 Å². The average molecular weight is 483 g/mol. The van der Waals surface area contributed by atoms with E-state index in [0.29, 0.717) is 11.5 Å². The van der Waals surface area contributed by atoms with Crippen molar-refractivity contribution in [1.82, 2.24) is 0 Å². The molecule has 0 aromatic heterocycles. The zero-order chi connectivity index (χ0) is 25.3. The van der Waals surface area contributed by atoms with Crippen molar-refractivity contribution in [1.29, 1.82) is 0 Å². The molecule has 0 aliphatic carbocycles. The monoisotopic (exact) mass is 482 g/mol. The van der Waals surface area contributed by atoms with E-state index in [1.807, 2.05) is 0 Å². The van der Waals surface area contributed by atoms with Crippen molar-refractivity contribution in [3.05, 3.63) is 48.6 Å². The standard InChI is InChI=1S/C24H34O10/c1-17(2)23(27)33-15-19(25)13-29-8-10-31-21-6-5-7-22(12-21)32-11-9-30-14-20(26)16-34-24(28)18(3)4/h5-7,12,19-20,25-26H,1,3,8-11,13-16H2,2,4H3. The minimum absolute atomic E-state index is 0.001000. The summed E-state index contributed by atoms with van der Waals surface area (Å²) in [6.07, 6.45) is -1.87. The highest BCUT2D eigenvalue weighted by molar-refractivity contribution is 5.87. The number of benzene rings is 1. The van der Waals surface area contributed by atoms with E-state index in [1.165, 1.54) is 13.8 Å². The molecule has 2 unspecified atom stereocenters. The number of hydrogen-bond donors (Lipinski definition) is 2. The van der Waals surface area contributed by atoms with Crippen LogP contribution in [-0.2, 0) is 28.5 Å². The number of hydrogen-bond acceptors (Lipinski definition) is 10. The molecule has 0 bridgehead atoms. The number of ether oxygens (including phenoxy) is 6. The van der Waals surface area contributed by atoms with E-state index in [9.17, 15) is 19.8 Å². The minimum Gasteiger partial charge on any atom is -0.491 e. The van der Waals surface area contributed by atoms with Gasteiger partial charge in [0.05, 0.1) is 26.4 Å². The van der Waals surface area contributed by atoms with Crippen molar-refractivity contribution in [2.24, 2.45) is 0 Å². The van der Waals surface area contributed by atoms with Gasteiger partial charge in [0.1, 0.15) is 50.1 Å². The van der Waals surface area contributed by atoms with Gasteiger partial charge in [-0.25, -0.2) is 9.59 Å². The first kappa shape index (κ1) is 29.1. The van der Waals surface area contributed by atoms with Crippen LogP contribution in [0.15, 0.2) is 48.6 Å². The van der Waals surface area contributed by atoms with Gasteiger partial charge in [0, 0.05) is 17.2 Å². The van der Waals surface area contributed by atoms with Gasteiger partial charge in [-0.2, -0.15) is 0 Å². The Morgan fingerprint density at radius 2 is 1.18 bits per heavy atom. The molecule has 0 radical (unpaired) electrons. The molecule has 0 saturated heterocycles. The van der Waals surface area contributed by atoms with Gasteiger partial charge in [-0.15, -0.1) is 0 Å². The maximum atomic E-state index is 11.3. The number of carbonyl (C=O) groups is 2. The second kappa shape index (κ2) is 16.7. The van der Waals surface area contributed by atoms with E-state index in [4.69, 9.17) is 28.4 Å². The third kappa shape index (κ3) is 13.6. The molecule has 0 spiro atoms. The van der Waals surface area contributed by atoms with Crippen LogP contribution in [0, 0.1) is 0 Å². The molecule has 0 aliphatic heterocycles. The largest absolute Gasteiger partial charge is 0.491 e. The second-order valence-corrected chi connectivity index (χ2v) is 7.39. The van der Waals surface area contributed by atoms with Gasteiger partial charge in [-0.3, -0.25) is 0 Å². The fourth-order valence-corrected chi connectivity index (χ4v) is 2.22. The summed E-state index contributed by atoms with van der Waals surface area (Å²) in [5, 5.41) is 19.4. The molecule has 0 saturated carbocycles. The van der Waals surface area contributed by atoms with Crippen molar-refractivity contribution in [2.75, 3.05) is 52.9 Å². The first-order valence-corrected chi connectivity index (χ1v) is 10.7. The predicted octanol–water partition coefficient (Wildman–Crippen LogP) is 1.44. The molecule has 1 aromatic carbocycles. The Bertz CT molecular complexity index is 730. The van der Waals surface area contributed by atoms with E-state index in [0.717, 1.165) is 0 Å². The van der Waals surface area contributed by atoms with E-state index >= 15 is 0 Å². The molecule has 190 valence electrons. The Morgan fingerprint density at radius 3 is 1.56 bits per heavy atom. The van der Waals surface area contributed by atoms with Crippen molar-refractivity contribution in [3.63, 3.8) is 0 Å². The van der Waals surface area contributed by atoms with Crippen molar-refractivity contribution in [2.45, 2.75) is 26.1 Å². The van der Waals surface area contributed by atoms with Crippen LogP contribution in [0.1, 0.15) is 13.8 Å². The molecular formula is C24H34O10. The molecular weight excluding hydrogens is 448 g/mol. The Morgan fingerprint density at radius 1 is 0.765 bits per heavy atom. The average Bonchev–Trinajstić information content (AvgIpc) is 2.80. The molecule has 1 aromatic rings. The first-order chi connectivity index (χ1) is 16.2. The summed E-state index contributed by atoms with van der Waals surface area (Å²) in [6, 6.07) is 7.00. The van der Waals surface area contributed by atoms with Crippen molar-refractivity contribution < 1.29 is 48.2 Å². The van der Waals surface area contributed by atoms with Crippen LogP contribution < -0.4 is 9.47 Å². The summed E-state index contributed by atoms with van der Waals surface area (Å²) >= 11 is 0. The van der Waals surface area contributed by atoms with Crippen LogP contribution in [0.5, 0.6) is 11.5 Å². The van der Waals surface area contributed by atoms with Crippen LogP contribution >= 0.6 is 0 Å². The maximum absolute atomic E-state index is 11.3. The van der Waals surface area contributed by atoms with Gasteiger partial charge in [0.2, 0.25) is 0 Å². The first-order valence-electron chi connectivity index (χ1n) is 10.7. The van der Waals surface area contributed by atoms with Crippen molar-refractivity contribution >= 4 is 11.9 Å². The Kier molecular flexibility index (Phi) is 14.3. The van der Waals surface area contributed by atoms with E-state index < -0.39 is 24.1 Å². The highest BCUT2D eigenvalue weighted by Gasteiger charge is 2.10. The number of aliphatic hydroxyl groups excluding tert-OH is 2. The van der Waals surface area contributed by atoms with Gasteiger partial charge < -0.3 is 38.6 Å². The topological polar surface area (TPSA) is 130 Å². The lowest BCUT2D eigenvalue weighted by Gasteiger charge is -2.13. The second-order valence-electron chi connectivity index (χ2n) is 7.39. The lowest BCUT2D eigenvalue weighted by molar-refractivity contribution is -0.143. The fourth-order valence-electron chi connectivity index (χ4n) is 2.22.